The zero-order chi connectivity index (χ0) is 14.8. The molecule has 0 saturated heterocycles. The van der Waals surface area contributed by atoms with Crippen LogP contribution >= 0.6 is 0 Å². The molecular formula is C15H23N3O2. The third kappa shape index (κ3) is 6.33. The highest BCUT2D eigenvalue weighted by atomic mass is 16.2. The minimum Gasteiger partial charge on any atom is -0.336 e. The lowest BCUT2D eigenvalue weighted by Crippen LogP contribution is -2.34. The van der Waals surface area contributed by atoms with Crippen LogP contribution in [-0.4, -0.2) is 36.9 Å². The maximum atomic E-state index is 11.8. The van der Waals surface area contributed by atoms with Gasteiger partial charge >= 0.3 is 0 Å². The zero-order valence-corrected chi connectivity index (χ0v) is 12.0. The number of rotatable bonds is 8. The van der Waals surface area contributed by atoms with Crippen LogP contribution in [0, 0.1) is 0 Å². The second-order valence-electron chi connectivity index (χ2n) is 4.76. The van der Waals surface area contributed by atoms with Gasteiger partial charge in [-0.15, -0.1) is 0 Å². The topological polar surface area (TPSA) is 75.4 Å². The number of anilines is 1. The summed E-state index contributed by atoms with van der Waals surface area (Å²) in [4.78, 5) is 25.0. The molecule has 0 aliphatic carbocycles. The van der Waals surface area contributed by atoms with Crippen molar-refractivity contribution in [2.75, 3.05) is 25.5 Å². The summed E-state index contributed by atoms with van der Waals surface area (Å²) in [7, 11) is 1.65. The lowest BCUT2D eigenvalue weighted by atomic mass is 10.2. The smallest absolute Gasteiger partial charge is 0.243 e. The Hall–Kier alpha value is -1.88. The molecule has 20 heavy (non-hydrogen) atoms. The molecular weight excluding hydrogens is 254 g/mol. The Morgan fingerprint density at radius 1 is 1.15 bits per heavy atom. The van der Waals surface area contributed by atoms with Crippen LogP contribution in [0.25, 0.3) is 0 Å². The highest BCUT2D eigenvalue weighted by Gasteiger charge is 2.12. The number of hydrogen-bond donors (Lipinski definition) is 2. The summed E-state index contributed by atoms with van der Waals surface area (Å²) in [6, 6.07) is 9.20. The van der Waals surface area contributed by atoms with Gasteiger partial charge in [0.25, 0.3) is 0 Å². The Morgan fingerprint density at radius 2 is 1.85 bits per heavy atom. The second kappa shape index (κ2) is 9.09. The first-order chi connectivity index (χ1) is 9.63. The molecule has 0 spiro atoms. The van der Waals surface area contributed by atoms with Crippen molar-refractivity contribution in [3.05, 3.63) is 30.3 Å². The quantitative estimate of drug-likeness (QED) is 0.709. The van der Waals surface area contributed by atoms with E-state index in [1.54, 1.807) is 7.05 Å². The van der Waals surface area contributed by atoms with Crippen molar-refractivity contribution in [2.45, 2.75) is 25.7 Å². The third-order valence-electron chi connectivity index (χ3n) is 2.96. The van der Waals surface area contributed by atoms with Gasteiger partial charge in [-0.3, -0.25) is 9.59 Å². The van der Waals surface area contributed by atoms with E-state index in [0.717, 1.165) is 24.9 Å². The summed E-state index contributed by atoms with van der Waals surface area (Å²) in [6.07, 6.45) is 3.17. The molecule has 3 N–H and O–H groups in total. The van der Waals surface area contributed by atoms with Crippen LogP contribution in [0.4, 0.5) is 5.69 Å². The highest BCUT2D eigenvalue weighted by Crippen LogP contribution is 2.05. The summed E-state index contributed by atoms with van der Waals surface area (Å²) in [5.41, 5.74) is 6.13. The van der Waals surface area contributed by atoms with E-state index in [0.29, 0.717) is 13.0 Å². The summed E-state index contributed by atoms with van der Waals surface area (Å²) < 4.78 is 0. The van der Waals surface area contributed by atoms with Gasteiger partial charge in [0.2, 0.25) is 11.8 Å². The standard InChI is InChI=1S/C15H23N3O2/c1-18(15(20)10-6-3-7-11-16)12-14(19)17-13-8-4-2-5-9-13/h2,4-5,8-9H,3,6-7,10-12,16H2,1H3,(H,17,19). The first kappa shape index (κ1) is 16.2. The molecule has 1 aromatic rings. The van der Waals surface area contributed by atoms with Crippen LogP contribution in [0.2, 0.25) is 0 Å². The van der Waals surface area contributed by atoms with Crippen molar-refractivity contribution in [3.63, 3.8) is 0 Å². The molecule has 110 valence electrons. The zero-order valence-electron chi connectivity index (χ0n) is 12.0. The van der Waals surface area contributed by atoms with Crippen molar-refractivity contribution in [1.29, 1.82) is 0 Å². The number of hydrogen-bond acceptors (Lipinski definition) is 3. The Labute approximate surface area is 120 Å². The van der Waals surface area contributed by atoms with E-state index in [4.69, 9.17) is 5.73 Å². The molecule has 0 bridgehead atoms. The second-order valence-corrected chi connectivity index (χ2v) is 4.76. The van der Waals surface area contributed by atoms with Gasteiger partial charge < -0.3 is 16.0 Å². The monoisotopic (exact) mass is 277 g/mol. The number of carbonyl (C=O) groups is 2. The van der Waals surface area contributed by atoms with Gasteiger partial charge in [0.05, 0.1) is 6.54 Å². The van der Waals surface area contributed by atoms with Crippen molar-refractivity contribution >= 4 is 17.5 Å². The first-order valence-electron chi connectivity index (χ1n) is 6.92. The fourth-order valence-corrected chi connectivity index (χ4v) is 1.81. The van der Waals surface area contributed by atoms with Gasteiger partial charge in [-0.25, -0.2) is 0 Å². The number of unbranched alkanes of at least 4 members (excludes halogenated alkanes) is 2. The fraction of sp³-hybridized carbons (Fsp3) is 0.467. The van der Waals surface area contributed by atoms with Crippen LogP contribution < -0.4 is 11.1 Å². The van der Waals surface area contributed by atoms with Gasteiger partial charge in [-0.2, -0.15) is 0 Å². The van der Waals surface area contributed by atoms with E-state index < -0.39 is 0 Å². The molecule has 0 aromatic heterocycles. The van der Waals surface area contributed by atoms with E-state index >= 15 is 0 Å². The lowest BCUT2D eigenvalue weighted by Gasteiger charge is -2.16. The minimum atomic E-state index is -0.186. The van der Waals surface area contributed by atoms with E-state index in [2.05, 4.69) is 5.32 Å². The predicted octanol–water partition coefficient (Wildman–Crippen LogP) is 1.60. The fourth-order valence-electron chi connectivity index (χ4n) is 1.81. The molecule has 0 fully saturated rings. The van der Waals surface area contributed by atoms with Gasteiger partial charge in [0, 0.05) is 19.2 Å². The van der Waals surface area contributed by atoms with Crippen LogP contribution in [0.1, 0.15) is 25.7 Å². The van der Waals surface area contributed by atoms with Gasteiger partial charge in [-0.1, -0.05) is 24.6 Å². The normalized spacial score (nSPS) is 10.1. The Kier molecular flexibility index (Phi) is 7.35. The van der Waals surface area contributed by atoms with Crippen LogP contribution in [0.15, 0.2) is 30.3 Å². The molecule has 0 saturated carbocycles. The number of nitrogens with zero attached hydrogens (tertiary/aromatic N) is 1. The van der Waals surface area contributed by atoms with E-state index in [1.165, 1.54) is 4.90 Å². The molecule has 0 aliphatic heterocycles. The Bertz CT molecular complexity index is 420. The summed E-state index contributed by atoms with van der Waals surface area (Å²) in [5, 5.41) is 2.75. The number of benzene rings is 1. The maximum Gasteiger partial charge on any atom is 0.243 e. The molecule has 5 nitrogen and oxygen atoms in total. The Morgan fingerprint density at radius 3 is 2.50 bits per heavy atom. The summed E-state index contributed by atoms with van der Waals surface area (Å²) in [6.45, 7) is 0.730. The number of likely N-dealkylation sites (N-methyl/N-ethyl adjacent to an activating group) is 1. The molecule has 5 heteroatoms. The number of para-hydroxylation sites is 1. The van der Waals surface area contributed by atoms with Crippen molar-refractivity contribution in [1.82, 2.24) is 4.90 Å². The van der Waals surface area contributed by atoms with E-state index in [-0.39, 0.29) is 18.4 Å². The molecule has 0 unspecified atom stereocenters. The van der Waals surface area contributed by atoms with Gasteiger partial charge in [-0.05, 0) is 31.5 Å². The number of carbonyl (C=O) groups excluding carboxylic acids is 2. The number of amides is 2. The number of nitrogens with one attached hydrogen (secondary N) is 1. The van der Waals surface area contributed by atoms with E-state index in [9.17, 15) is 9.59 Å². The average molecular weight is 277 g/mol. The molecule has 0 radical (unpaired) electrons. The average Bonchev–Trinajstić information content (AvgIpc) is 2.44. The highest BCUT2D eigenvalue weighted by molar-refractivity contribution is 5.94. The summed E-state index contributed by atoms with van der Waals surface area (Å²) in [5.74, 6) is -0.195. The van der Waals surface area contributed by atoms with Crippen molar-refractivity contribution < 1.29 is 9.59 Å². The van der Waals surface area contributed by atoms with E-state index in [1.807, 2.05) is 30.3 Å². The van der Waals surface area contributed by atoms with Gasteiger partial charge in [0.15, 0.2) is 0 Å². The molecule has 0 heterocycles. The SMILES string of the molecule is CN(CC(=O)Nc1ccccc1)C(=O)CCCCCN. The molecule has 0 aliphatic rings. The predicted molar refractivity (Wildman–Crippen MR) is 80.2 cm³/mol. The largest absolute Gasteiger partial charge is 0.336 e. The minimum absolute atomic E-state index is 0.00904. The first-order valence-corrected chi connectivity index (χ1v) is 6.92. The number of nitrogens with two attached hydrogens (primary N) is 1. The van der Waals surface area contributed by atoms with Gasteiger partial charge in [0.1, 0.15) is 0 Å². The van der Waals surface area contributed by atoms with Crippen molar-refractivity contribution in [2.24, 2.45) is 5.73 Å². The Balaban J connectivity index is 2.28. The molecule has 1 rings (SSSR count). The molecule has 1 aromatic carbocycles. The van der Waals surface area contributed by atoms with Crippen LogP contribution in [0.3, 0.4) is 0 Å². The van der Waals surface area contributed by atoms with Crippen molar-refractivity contribution in [3.8, 4) is 0 Å². The lowest BCUT2D eigenvalue weighted by molar-refractivity contribution is -0.133. The summed E-state index contributed by atoms with van der Waals surface area (Å²) >= 11 is 0. The third-order valence-corrected chi connectivity index (χ3v) is 2.96. The molecule has 0 atom stereocenters. The molecule has 2 amide bonds. The van der Waals surface area contributed by atoms with Crippen LogP contribution in [-0.2, 0) is 9.59 Å². The maximum absolute atomic E-state index is 11.8. The van der Waals surface area contributed by atoms with Crippen LogP contribution in [0.5, 0.6) is 0 Å².